The van der Waals surface area contributed by atoms with Gasteiger partial charge in [0.25, 0.3) is 0 Å². The summed E-state index contributed by atoms with van der Waals surface area (Å²) in [4.78, 5) is 10.5. The van der Waals surface area contributed by atoms with Gasteiger partial charge in [-0.05, 0) is 0 Å². The van der Waals surface area contributed by atoms with E-state index in [1.807, 2.05) is 0 Å². The van der Waals surface area contributed by atoms with Gasteiger partial charge in [0.15, 0.2) is 0 Å². The average molecular weight is 162 g/mol. The van der Waals surface area contributed by atoms with Crippen LogP contribution in [0.25, 0.3) is 0 Å². The van der Waals surface area contributed by atoms with Crippen LogP contribution < -0.4 is 5.43 Å². The lowest BCUT2D eigenvalue weighted by Gasteiger charge is -2.18. The number of rotatable bonds is 5. The minimum absolute atomic E-state index is 0.160. The molecule has 0 rings (SSSR count). The van der Waals surface area contributed by atoms with Gasteiger partial charge in [-0.2, -0.15) is 0 Å². The predicted molar refractivity (Wildman–Crippen MR) is 40.1 cm³/mol. The number of aliphatic carboxylic acids is 1. The van der Waals surface area contributed by atoms with Crippen LogP contribution in [0.2, 0.25) is 0 Å². The van der Waals surface area contributed by atoms with E-state index in [9.17, 15) is 4.79 Å². The number of nitrogens with zero attached hydrogens (tertiary/aromatic N) is 1. The minimum atomic E-state index is -0.916. The molecule has 0 aliphatic rings. The molecule has 66 valence electrons. The van der Waals surface area contributed by atoms with Gasteiger partial charge < -0.3 is 9.84 Å². The van der Waals surface area contributed by atoms with E-state index in [0.29, 0.717) is 0 Å². The van der Waals surface area contributed by atoms with Crippen LogP contribution in [0.4, 0.5) is 0 Å². The molecule has 0 heterocycles. The van der Waals surface area contributed by atoms with Crippen molar-refractivity contribution in [2.24, 2.45) is 0 Å². The van der Waals surface area contributed by atoms with E-state index < -0.39 is 12.0 Å². The number of carbonyl (C=O) groups is 1. The summed E-state index contributed by atoms with van der Waals surface area (Å²) in [6.45, 7) is 0.160. The summed E-state index contributed by atoms with van der Waals surface area (Å²) in [7, 11) is 4.92. The lowest BCUT2D eigenvalue weighted by atomic mass is 10.3. The Balaban J connectivity index is 3.79. The van der Waals surface area contributed by atoms with Crippen LogP contribution in [-0.2, 0) is 9.53 Å². The van der Waals surface area contributed by atoms with Crippen molar-refractivity contribution in [3.63, 3.8) is 0 Å². The first-order valence-corrected chi connectivity index (χ1v) is 3.23. The van der Waals surface area contributed by atoms with E-state index in [2.05, 4.69) is 5.43 Å². The smallest absolute Gasteiger partial charge is 0.324 e. The summed E-state index contributed by atoms with van der Waals surface area (Å²) in [6, 6.07) is -0.671. The zero-order chi connectivity index (χ0) is 8.85. The summed E-state index contributed by atoms with van der Waals surface area (Å²) in [5.41, 5.74) is 2.69. The van der Waals surface area contributed by atoms with E-state index in [1.54, 1.807) is 19.1 Å². The van der Waals surface area contributed by atoms with E-state index in [0.717, 1.165) is 0 Å². The van der Waals surface area contributed by atoms with Crippen molar-refractivity contribution in [1.29, 1.82) is 0 Å². The summed E-state index contributed by atoms with van der Waals surface area (Å²) in [5, 5.41) is 10.2. The van der Waals surface area contributed by atoms with Crippen LogP contribution in [0, 0.1) is 0 Å². The highest BCUT2D eigenvalue weighted by Gasteiger charge is 2.16. The normalized spacial score (nSPS) is 13.5. The highest BCUT2D eigenvalue weighted by molar-refractivity contribution is 5.73. The Labute approximate surface area is 65.9 Å². The van der Waals surface area contributed by atoms with Crippen LogP contribution in [0.5, 0.6) is 0 Å². The van der Waals surface area contributed by atoms with E-state index in [1.165, 1.54) is 7.11 Å². The molecular weight excluding hydrogens is 148 g/mol. The van der Waals surface area contributed by atoms with E-state index in [-0.39, 0.29) is 6.61 Å². The topological polar surface area (TPSA) is 61.8 Å². The number of nitrogens with one attached hydrogen (secondary N) is 1. The number of carboxylic acid groups (broad SMARTS) is 1. The highest BCUT2D eigenvalue weighted by Crippen LogP contribution is 1.85. The Bertz CT molecular complexity index is 127. The van der Waals surface area contributed by atoms with Crippen molar-refractivity contribution in [1.82, 2.24) is 10.4 Å². The van der Waals surface area contributed by atoms with Gasteiger partial charge in [0.1, 0.15) is 6.04 Å². The van der Waals surface area contributed by atoms with Crippen LogP contribution in [0.15, 0.2) is 0 Å². The molecular formula is C6H14N2O3. The fourth-order valence-corrected chi connectivity index (χ4v) is 0.642. The fraction of sp³-hybridized carbons (Fsp3) is 0.833. The van der Waals surface area contributed by atoms with Gasteiger partial charge in [0.2, 0.25) is 0 Å². The number of hydrogen-bond acceptors (Lipinski definition) is 4. The molecule has 1 atom stereocenters. The Morgan fingerprint density at radius 1 is 1.73 bits per heavy atom. The maximum Gasteiger partial charge on any atom is 0.324 e. The van der Waals surface area contributed by atoms with Gasteiger partial charge in [-0.1, -0.05) is 0 Å². The number of methoxy groups -OCH3 is 1. The summed E-state index contributed by atoms with van der Waals surface area (Å²) in [5.74, 6) is -0.916. The van der Waals surface area contributed by atoms with Crippen molar-refractivity contribution in [3.8, 4) is 0 Å². The van der Waals surface area contributed by atoms with Crippen molar-refractivity contribution in [2.45, 2.75) is 6.04 Å². The first-order valence-electron chi connectivity index (χ1n) is 3.23. The highest BCUT2D eigenvalue weighted by atomic mass is 16.5. The standard InChI is InChI=1S/C6H14N2O3/c1-8(2)7-5(4-11-3)6(9)10/h5,7H,4H2,1-3H3,(H,9,10). The van der Waals surface area contributed by atoms with Crippen LogP contribution >= 0.6 is 0 Å². The molecule has 0 spiro atoms. The molecule has 11 heavy (non-hydrogen) atoms. The fourth-order valence-electron chi connectivity index (χ4n) is 0.642. The second kappa shape index (κ2) is 5.06. The summed E-state index contributed by atoms with van der Waals surface area (Å²) in [6.07, 6.45) is 0. The zero-order valence-electron chi connectivity index (χ0n) is 7.00. The minimum Gasteiger partial charge on any atom is -0.480 e. The molecule has 0 bridgehead atoms. The molecule has 0 aromatic rings. The van der Waals surface area contributed by atoms with Crippen LogP contribution in [0.3, 0.4) is 0 Å². The lowest BCUT2D eigenvalue weighted by Crippen LogP contribution is -2.47. The van der Waals surface area contributed by atoms with Gasteiger partial charge in [-0.15, -0.1) is 0 Å². The maximum atomic E-state index is 10.5. The largest absolute Gasteiger partial charge is 0.480 e. The van der Waals surface area contributed by atoms with Crippen molar-refractivity contribution >= 4 is 5.97 Å². The second-order valence-electron chi connectivity index (χ2n) is 2.37. The molecule has 0 amide bonds. The number of hydrazine groups is 1. The summed E-state index contributed by atoms with van der Waals surface area (Å²) >= 11 is 0. The Kier molecular flexibility index (Phi) is 4.76. The molecule has 0 aliphatic carbocycles. The molecule has 5 nitrogen and oxygen atoms in total. The molecule has 1 unspecified atom stereocenters. The SMILES string of the molecule is COCC(NN(C)C)C(=O)O. The van der Waals surface area contributed by atoms with Gasteiger partial charge in [-0.3, -0.25) is 4.79 Å². The first-order chi connectivity index (χ1) is 5.07. The van der Waals surface area contributed by atoms with Crippen LogP contribution in [0.1, 0.15) is 0 Å². The van der Waals surface area contributed by atoms with Gasteiger partial charge in [0.05, 0.1) is 6.61 Å². The zero-order valence-corrected chi connectivity index (χ0v) is 7.00. The molecule has 0 radical (unpaired) electrons. The predicted octanol–water partition coefficient (Wildman–Crippen LogP) is -0.848. The van der Waals surface area contributed by atoms with Crippen molar-refractivity contribution in [2.75, 3.05) is 27.8 Å². The van der Waals surface area contributed by atoms with Gasteiger partial charge in [-0.25, -0.2) is 10.4 Å². The van der Waals surface area contributed by atoms with Gasteiger partial charge in [0, 0.05) is 21.2 Å². The first kappa shape index (κ1) is 10.3. The van der Waals surface area contributed by atoms with Crippen molar-refractivity contribution in [3.05, 3.63) is 0 Å². The van der Waals surface area contributed by atoms with E-state index >= 15 is 0 Å². The average Bonchev–Trinajstić information content (AvgIpc) is 1.86. The molecule has 5 heteroatoms. The molecule has 0 aromatic heterocycles. The molecule has 0 fully saturated rings. The number of carboxylic acids is 1. The second-order valence-corrected chi connectivity index (χ2v) is 2.37. The number of ether oxygens (including phenoxy) is 1. The Morgan fingerprint density at radius 3 is 2.55 bits per heavy atom. The molecule has 0 saturated heterocycles. The molecule has 0 aliphatic heterocycles. The quantitative estimate of drug-likeness (QED) is 0.516. The van der Waals surface area contributed by atoms with Crippen LogP contribution in [-0.4, -0.2) is 49.9 Å². The maximum absolute atomic E-state index is 10.5. The third kappa shape index (κ3) is 4.72. The molecule has 2 N–H and O–H groups in total. The molecule has 0 aromatic carbocycles. The lowest BCUT2D eigenvalue weighted by molar-refractivity contribution is -0.142. The number of hydrogen-bond donors (Lipinski definition) is 2. The monoisotopic (exact) mass is 162 g/mol. The van der Waals surface area contributed by atoms with Gasteiger partial charge >= 0.3 is 5.97 Å². The Morgan fingerprint density at radius 2 is 2.27 bits per heavy atom. The third-order valence-electron chi connectivity index (χ3n) is 1.05. The third-order valence-corrected chi connectivity index (χ3v) is 1.05. The summed E-state index contributed by atoms with van der Waals surface area (Å²) < 4.78 is 4.70. The van der Waals surface area contributed by atoms with Crippen molar-refractivity contribution < 1.29 is 14.6 Å². The van der Waals surface area contributed by atoms with E-state index in [4.69, 9.17) is 9.84 Å². The molecule has 0 saturated carbocycles. The Hall–Kier alpha value is -0.650.